The lowest BCUT2D eigenvalue weighted by Crippen LogP contribution is -2.43. The molecule has 3 rings (SSSR count). The van der Waals surface area contributed by atoms with Crippen molar-refractivity contribution in [2.45, 2.75) is 25.3 Å². The molecule has 1 aliphatic rings. The van der Waals surface area contributed by atoms with Gasteiger partial charge in [0.2, 0.25) is 0 Å². The van der Waals surface area contributed by atoms with E-state index in [1.54, 1.807) is 16.2 Å². The van der Waals surface area contributed by atoms with Crippen molar-refractivity contribution in [3.05, 3.63) is 57.8 Å². The maximum Gasteiger partial charge on any atom is 0.318 e. The van der Waals surface area contributed by atoms with E-state index in [-0.39, 0.29) is 18.7 Å². The monoisotopic (exact) mass is 330 g/mol. The van der Waals surface area contributed by atoms with Crippen LogP contribution in [-0.4, -0.2) is 35.7 Å². The van der Waals surface area contributed by atoms with Crippen LogP contribution in [0.3, 0.4) is 0 Å². The Kier molecular flexibility index (Phi) is 5.31. The third-order valence-electron chi connectivity index (χ3n) is 4.31. The van der Waals surface area contributed by atoms with E-state index in [4.69, 9.17) is 0 Å². The summed E-state index contributed by atoms with van der Waals surface area (Å²) in [6.45, 7) is 0.969. The Labute approximate surface area is 140 Å². The second kappa shape index (κ2) is 7.62. The average Bonchev–Trinajstić information content (AvgIpc) is 3.22. The first-order valence-corrected chi connectivity index (χ1v) is 8.93. The van der Waals surface area contributed by atoms with Gasteiger partial charge in [-0.05, 0) is 41.8 Å². The first-order valence-electron chi connectivity index (χ1n) is 8.05. The molecule has 0 fully saturated rings. The van der Waals surface area contributed by atoms with Gasteiger partial charge in [-0.25, -0.2) is 4.79 Å². The van der Waals surface area contributed by atoms with Crippen LogP contribution in [0.1, 0.15) is 28.5 Å². The van der Waals surface area contributed by atoms with Crippen molar-refractivity contribution in [1.82, 2.24) is 10.2 Å². The predicted octanol–water partition coefficient (Wildman–Crippen LogP) is 2.98. The number of amides is 2. The predicted molar refractivity (Wildman–Crippen MR) is 92.7 cm³/mol. The molecule has 2 amide bonds. The van der Waals surface area contributed by atoms with Crippen LogP contribution in [0.2, 0.25) is 0 Å². The number of fused-ring (bicyclic) bond motifs is 1. The Morgan fingerprint density at radius 1 is 1.30 bits per heavy atom. The van der Waals surface area contributed by atoms with Gasteiger partial charge in [-0.3, -0.25) is 0 Å². The molecule has 1 aromatic carbocycles. The van der Waals surface area contributed by atoms with E-state index < -0.39 is 0 Å². The lowest BCUT2D eigenvalue weighted by Gasteiger charge is -2.29. The van der Waals surface area contributed by atoms with E-state index in [0.717, 1.165) is 19.3 Å². The lowest BCUT2D eigenvalue weighted by atomic mass is 10.1. The molecule has 1 heterocycles. The Morgan fingerprint density at radius 2 is 2.17 bits per heavy atom. The molecular weight excluding hydrogens is 308 g/mol. The van der Waals surface area contributed by atoms with Crippen LogP contribution in [0.15, 0.2) is 41.8 Å². The number of rotatable bonds is 6. The average molecular weight is 330 g/mol. The van der Waals surface area contributed by atoms with E-state index in [1.807, 2.05) is 23.6 Å². The molecule has 1 aliphatic carbocycles. The highest BCUT2D eigenvalue weighted by Gasteiger charge is 2.30. The molecule has 5 heteroatoms. The molecular formula is C18H22N2O2S. The molecule has 0 radical (unpaired) electrons. The number of nitrogens with zero attached hydrogens (tertiary/aromatic N) is 1. The molecule has 2 N–H and O–H groups in total. The second-order valence-electron chi connectivity index (χ2n) is 5.73. The lowest BCUT2D eigenvalue weighted by molar-refractivity contribution is 0.151. The van der Waals surface area contributed by atoms with Crippen LogP contribution in [-0.2, 0) is 12.8 Å². The largest absolute Gasteiger partial charge is 0.395 e. The van der Waals surface area contributed by atoms with Gasteiger partial charge in [0.05, 0.1) is 12.6 Å². The first kappa shape index (κ1) is 16.0. The number of carbonyl (C=O) groups excluding carboxylic acids is 1. The normalized spacial score (nSPS) is 16.1. The van der Waals surface area contributed by atoms with Crippen molar-refractivity contribution in [3.8, 4) is 0 Å². The quantitative estimate of drug-likeness (QED) is 0.855. The van der Waals surface area contributed by atoms with Gasteiger partial charge in [0.25, 0.3) is 0 Å². The molecule has 1 aromatic heterocycles. The summed E-state index contributed by atoms with van der Waals surface area (Å²) in [6.07, 6.45) is 2.76. The molecule has 23 heavy (non-hydrogen) atoms. The molecule has 1 unspecified atom stereocenters. The fourth-order valence-corrected chi connectivity index (χ4v) is 3.92. The van der Waals surface area contributed by atoms with Crippen LogP contribution in [0, 0.1) is 0 Å². The van der Waals surface area contributed by atoms with Crippen LogP contribution < -0.4 is 5.32 Å². The third-order valence-corrected chi connectivity index (χ3v) is 5.24. The SMILES string of the molecule is O=C(NCCc1cccs1)N(CCO)C1CCc2ccccc21. The third kappa shape index (κ3) is 3.74. The number of urea groups is 1. The number of nitrogens with one attached hydrogen (secondary N) is 1. The molecule has 122 valence electrons. The fourth-order valence-electron chi connectivity index (χ4n) is 3.21. The summed E-state index contributed by atoms with van der Waals surface area (Å²) in [6, 6.07) is 12.4. The number of aryl methyl sites for hydroxylation is 1. The molecule has 2 aromatic rings. The van der Waals surface area contributed by atoms with E-state index in [2.05, 4.69) is 23.5 Å². The van der Waals surface area contributed by atoms with Gasteiger partial charge in [-0.2, -0.15) is 0 Å². The Hall–Kier alpha value is -1.85. The molecule has 0 bridgehead atoms. The highest BCUT2D eigenvalue weighted by Crippen LogP contribution is 2.35. The molecule has 4 nitrogen and oxygen atoms in total. The van der Waals surface area contributed by atoms with Gasteiger partial charge in [-0.15, -0.1) is 11.3 Å². The first-order chi connectivity index (χ1) is 11.3. The number of aliphatic hydroxyl groups is 1. The zero-order valence-corrected chi connectivity index (χ0v) is 13.9. The van der Waals surface area contributed by atoms with E-state index in [9.17, 15) is 9.90 Å². The number of carbonyl (C=O) groups is 1. The maximum atomic E-state index is 12.6. The Morgan fingerprint density at radius 3 is 2.96 bits per heavy atom. The summed E-state index contributed by atoms with van der Waals surface area (Å²) in [5, 5.41) is 14.4. The van der Waals surface area contributed by atoms with E-state index in [1.165, 1.54) is 16.0 Å². The van der Waals surface area contributed by atoms with Crippen LogP contribution >= 0.6 is 11.3 Å². The minimum atomic E-state index is -0.0858. The summed E-state index contributed by atoms with van der Waals surface area (Å²) in [7, 11) is 0. The summed E-state index contributed by atoms with van der Waals surface area (Å²) in [5.74, 6) is 0. The summed E-state index contributed by atoms with van der Waals surface area (Å²) < 4.78 is 0. The number of hydrogen-bond donors (Lipinski definition) is 2. The standard InChI is InChI=1S/C18H22N2O2S/c21-12-11-20(17-8-7-14-4-1-2-6-16(14)17)18(22)19-10-9-15-5-3-13-23-15/h1-6,13,17,21H,7-12H2,(H,19,22). The highest BCUT2D eigenvalue weighted by molar-refractivity contribution is 7.09. The van der Waals surface area contributed by atoms with Crippen LogP contribution in [0.4, 0.5) is 4.79 Å². The second-order valence-corrected chi connectivity index (χ2v) is 6.76. The smallest absolute Gasteiger partial charge is 0.318 e. The van der Waals surface area contributed by atoms with E-state index >= 15 is 0 Å². The van der Waals surface area contributed by atoms with Gasteiger partial charge in [0.15, 0.2) is 0 Å². The number of thiophene rings is 1. The summed E-state index contributed by atoms with van der Waals surface area (Å²) in [4.78, 5) is 15.6. The highest BCUT2D eigenvalue weighted by atomic mass is 32.1. The van der Waals surface area contributed by atoms with Crippen molar-refractivity contribution < 1.29 is 9.90 Å². The minimum Gasteiger partial charge on any atom is -0.395 e. The molecule has 0 aliphatic heterocycles. The zero-order chi connectivity index (χ0) is 16.1. The van der Waals surface area contributed by atoms with Crippen molar-refractivity contribution in [1.29, 1.82) is 0 Å². The molecule has 0 spiro atoms. The van der Waals surface area contributed by atoms with Gasteiger partial charge >= 0.3 is 6.03 Å². The van der Waals surface area contributed by atoms with Gasteiger partial charge in [0, 0.05) is 18.0 Å². The van der Waals surface area contributed by atoms with E-state index in [0.29, 0.717) is 13.1 Å². The number of benzene rings is 1. The summed E-state index contributed by atoms with van der Waals surface area (Å²) in [5.41, 5.74) is 2.53. The molecule has 0 saturated heterocycles. The number of hydrogen-bond acceptors (Lipinski definition) is 3. The molecule has 1 atom stereocenters. The summed E-state index contributed by atoms with van der Waals surface area (Å²) >= 11 is 1.70. The zero-order valence-electron chi connectivity index (χ0n) is 13.1. The minimum absolute atomic E-state index is 0.0169. The van der Waals surface area contributed by atoms with Crippen molar-refractivity contribution >= 4 is 17.4 Å². The van der Waals surface area contributed by atoms with Crippen molar-refractivity contribution in [3.63, 3.8) is 0 Å². The topological polar surface area (TPSA) is 52.6 Å². The maximum absolute atomic E-state index is 12.6. The fraction of sp³-hybridized carbons (Fsp3) is 0.389. The van der Waals surface area contributed by atoms with Gasteiger partial charge < -0.3 is 15.3 Å². The van der Waals surface area contributed by atoms with Crippen LogP contribution in [0.5, 0.6) is 0 Å². The Bertz CT molecular complexity index is 642. The number of aliphatic hydroxyl groups excluding tert-OH is 1. The molecule has 0 saturated carbocycles. The van der Waals surface area contributed by atoms with Crippen LogP contribution in [0.25, 0.3) is 0 Å². The van der Waals surface area contributed by atoms with Gasteiger partial charge in [-0.1, -0.05) is 30.3 Å². The van der Waals surface area contributed by atoms with Crippen molar-refractivity contribution in [2.75, 3.05) is 19.7 Å². The van der Waals surface area contributed by atoms with Gasteiger partial charge in [0.1, 0.15) is 0 Å². The van der Waals surface area contributed by atoms with Crippen molar-refractivity contribution in [2.24, 2.45) is 0 Å². The Balaban J connectivity index is 1.63.